The normalized spacial score (nSPS) is 13.0. The zero-order chi connectivity index (χ0) is 24.1. The number of carboxylic acid groups (broad SMARTS) is 1. The van der Waals surface area contributed by atoms with Gasteiger partial charge in [0.15, 0.2) is 5.60 Å². The Balaban J connectivity index is 2.24. The summed E-state index contributed by atoms with van der Waals surface area (Å²) in [7, 11) is -4.23. The molecule has 32 heavy (non-hydrogen) atoms. The summed E-state index contributed by atoms with van der Waals surface area (Å²) >= 11 is 0. The van der Waals surface area contributed by atoms with Gasteiger partial charge < -0.3 is 9.84 Å². The average molecular weight is 469 g/mol. The van der Waals surface area contributed by atoms with Crippen molar-refractivity contribution in [3.63, 3.8) is 0 Å². The minimum Gasteiger partial charge on any atom is -0.479 e. The van der Waals surface area contributed by atoms with Crippen LogP contribution in [0.2, 0.25) is 0 Å². The van der Waals surface area contributed by atoms with Crippen LogP contribution in [-0.4, -0.2) is 29.1 Å². The molecule has 172 valence electrons. The number of aromatic nitrogens is 1. The lowest BCUT2D eigenvalue weighted by molar-refractivity contribution is -0.162. The van der Waals surface area contributed by atoms with E-state index in [-0.39, 0.29) is 21.5 Å². The van der Waals surface area contributed by atoms with E-state index in [1.54, 1.807) is 19.9 Å². The lowest BCUT2D eigenvalue weighted by Crippen LogP contribution is -2.34. The van der Waals surface area contributed by atoms with Gasteiger partial charge >= 0.3 is 12.1 Å². The fourth-order valence-corrected chi connectivity index (χ4v) is 5.03. The van der Waals surface area contributed by atoms with E-state index in [9.17, 15) is 31.5 Å². The summed E-state index contributed by atoms with van der Waals surface area (Å²) in [5, 5.41) is 9.32. The highest BCUT2D eigenvalue weighted by atomic mass is 32.2. The van der Waals surface area contributed by atoms with Crippen LogP contribution in [-0.2, 0) is 32.3 Å². The number of benzene rings is 2. The highest BCUT2D eigenvalue weighted by molar-refractivity contribution is 7.90. The van der Waals surface area contributed by atoms with Gasteiger partial charge in [0, 0.05) is 5.39 Å². The average Bonchev–Trinajstić information content (AvgIpc) is 3.03. The van der Waals surface area contributed by atoms with Crippen LogP contribution < -0.4 is 0 Å². The third-order valence-corrected chi connectivity index (χ3v) is 6.73. The molecule has 1 N–H and O–H groups in total. The van der Waals surface area contributed by atoms with Gasteiger partial charge in [0.25, 0.3) is 10.0 Å². The van der Waals surface area contributed by atoms with Crippen molar-refractivity contribution >= 4 is 26.9 Å². The smallest absolute Gasteiger partial charge is 0.416 e. The molecule has 0 aliphatic heterocycles. The molecule has 0 saturated carbocycles. The van der Waals surface area contributed by atoms with Gasteiger partial charge in [-0.05, 0) is 75.2 Å². The number of alkyl halides is 3. The number of nitrogens with zero attached hydrogens (tertiary/aromatic N) is 1. The number of fused-ring (bicyclic) bond motifs is 1. The van der Waals surface area contributed by atoms with E-state index >= 15 is 0 Å². The molecule has 2 aromatic carbocycles. The van der Waals surface area contributed by atoms with Gasteiger partial charge in [-0.25, -0.2) is 17.2 Å². The van der Waals surface area contributed by atoms with Gasteiger partial charge in [0.05, 0.1) is 28.3 Å². The third-order valence-electron chi connectivity index (χ3n) is 4.99. The fraction of sp³-hybridized carbons (Fsp3) is 0.318. The minimum absolute atomic E-state index is 0.00723. The topological polar surface area (TPSA) is 85.6 Å². The maximum absolute atomic E-state index is 13.5. The Morgan fingerprint density at radius 1 is 1.03 bits per heavy atom. The summed E-state index contributed by atoms with van der Waals surface area (Å²) < 4.78 is 73.0. The zero-order valence-corrected chi connectivity index (χ0v) is 18.6. The van der Waals surface area contributed by atoms with E-state index in [0.29, 0.717) is 11.1 Å². The second-order valence-corrected chi connectivity index (χ2v) is 9.89. The molecule has 0 amide bonds. The van der Waals surface area contributed by atoms with Crippen LogP contribution in [0.3, 0.4) is 0 Å². The maximum Gasteiger partial charge on any atom is 0.416 e. The fourth-order valence-electron chi connectivity index (χ4n) is 3.31. The zero-order valence-electron chi connectivity index (χ0n) is 17.8. The molecule has 0 bridgehead atoms. The second-order valence-electron chi connectivity index (χ2n) is 8.10. The van der Waals surface area contributed by atoms with Crippen molar-refractivity contribution in [3.8, 4) is 0 Å². The first-order valence-corrected chi connectivity index (χ1v) is 11.0. The summed E-state index contributed by atoms with van der Waals surface area (Å²) in [6.07, 6.45) is -4.61. The Morgan fingerprint density at radius 3 is 2.16 bits per heavy atom. The van der Waals surface area contributed by atoms with Crippen molar-refractivity contribution in [2.45, 2.75) is 51.0 Å². The molecule has 0 saturated heterocycles. The molecule has 3 aromatic rings. The first-order valence-electron chi connectivity index (χ1n) is 9.56. The molecule has 0 fully saturated rings. The predicted molar refractivity (Wildman–Crippen MR) is 112 cm³/mol. The molecule has 0 radical (unpaired) electrons. The molecule has 1 aromatic heterocycles. The van der Waals surface area contributed by atoms with E-state index < -0.39 is 39.9 Å². The van der Waals surface area contributed by atoms with Gasteiger partial charge in [0.2, 0.25) is 0 Å². The first kappa shape index (κ1) is 23.8. The Morgan fingerprint density at radius 2 is 1.62 bits per heavy atom. The Bertz CT molecular complexity index is 1290. The van der Waals surface area contributed by atoms with Crippen LogP contribution in [0.1, 0.15) is 36.2 Å². The standard InChI is InChI=1S/C22H22F3NO5S/c1-13-7-14(2)9-18(8-13)32(29,30)26-17(12-31-21(3,4)20(27)28)11-15-10-16(22(23,24)25)5-6-19(15)26/h5-11H,12H2,1-4H3,(H,27,28). The quantitative estimate of drug-likeness (QED) is 0.555. The molecule has 0 atom stereocenters. The number of ether oxygens (including phenoxy) is 1. The van der Waals surface area contributed by atoms with Crippen LogP contribution >= 0.6 is 0 Å². The van der Waals surface area contributed by atoms with Crippen molar-refractivity contribution in [1.82, 2.24) is 3.97 Å². The van der Waals surface area contributed by atoms with E-state index in [2.05, 4.69) is 0 Å². The lowest BCUT2D eigenvalue weighted by Gasteiger charge is -2.21. The molecule has 0 aliphatic carbocycles. The number of carbonyl (C=O) groups is 1. The van der Waals surface area contributed by atoms with Crippen molar-refractivity contribution in [2.75, 3.05) is 0 Å². The number of hydrogen-bond acceptors (Lipinski definition) is 4. The van der Waals surface area contributed by atoms with Crippen LogP contribution in [0.15, 0.2) is 47.4 Å². The number of aryl methyl sites for hydroxylation is 2. The largest absolute Gasteiger partial charge is 0.479 e. The highest BCUT2D eigenvalue weighted by Crippen LogP contribution is 2.34. The van der Waals surface area contributed by atoms with Gasteiger partial charge in [-0.2, -0.15) is 13.2 Å². The van der Waals surface area contributed by atoms with Crippen molar-refractivity contribution in [1.29, 1.82) is 0 Å². The van der Waals surface area contributed by atoms with E-state index in [4.69, 9.17) is 4.74 Å². The molecule has 0 unspecified atom stereocenters. The van der Waals surface area contributed by atoms with Crippen molar-refractivity contribution < 1.29 is 36.2 Å². The number of aliphatic carboxylic acids is 1. The molecule has 0 spiro atoms. The van der Waals surface area contributed by atoms with Crippen LogP contribution in [0.25, 0.3) is 10.9 Å². The molecule has 0 aliphatic rings. The second kappa shape index (κ2) is 7.93. The van der Waals surface area contributed by atoms with Gasteiger partial charge in [-0.15, -0.1) is 0 Å². The molecule has 1 heterocycles. The lowest BCUT2D eigenvalue weighted by atomic mass is 10.1. The van der Waals surface area contributed by atoms with E-state index in [1.807, 2.05) is 0 Å². The Hall–Kier alpha value is -2.85. The highest BCUT2D eigenvalue weighted by Gasteiger charge is 2.33. The van der Waals surface area contributed by atoms with Crippen LogP contribution in [0.5, 0.6) is 0 Å². The minimum atomic E-state index is -4.61. The predicted octanol–water partition coefficient (Wildman–Crippen LogP) is 4.89. The first-order chi connectivity index (χ1) is 14.6. The molecular formula is C22H22F3NO5S. The molecular weight excluding hydrogens is 447 g/mol. The van der Waals surface area contributed by atoms with Crippen LogP contribution in [0.4, 0.5) is 13.2 Å². The summed E-state index contributed by atoms with van der Waals surface area (Å²) in [6.45, 7) is 5.61. The number of hydrogen-bond donors (Lipinski definition) is 1. The number of carboxylic acids is 1. The summed E-state index contributed by atoms with van der Waals surface area (Å²) in [6, 6.07) is 8.74. The molecule has 6 nitrogen and oxygen atoms in total. The van der Waals surface area contributed by atoms with E-state index in [0.717, 1.165) is 22.2 Å². The molecule has 10 heteroatoms. The number of halogens is 3. The third kappa shape index (κ3) is 4.51. The maximum atomic E-state index is 13.5. The monoisotopic (exact) mass is 469 g/mol. The van der Waals surface area contributed by atoms with Gasteiger partial charge in [-0.3, -0.25) is 0 Å². The summed E-state index contributed by atoms with van der Waals surface area (Å²) in [5.74, 6) is -1.27. The summed E-state index contributed by atoms with van der Waals surface area (Å²) in [5.41, 5.74) is -1.13. The SMILES string of the molecule is Cc1cc(C)cc(S(=O)(=O)n2c(COC(C)(C)C(=O)O)cc3cc(C(F)(F)F)ccc32)c1. The Labute approximate surface area is 183 Å². The number of rotatable bonds is 6. The van der Waals surface area contributed by atoms with Crippen molar-refractivity contribution in [2.24, 2.45) is 0 Å². The molecule has 3 rings (SSSR count). The van der Waals surface area contributed by atoms with Gasteiger partial charge in [0.1, 0.15) is 0 Å². The summed E-state index contributed by atoms with van der Waals surface area (Å²) in [4.78, 5) is 11.3. The Kier molecular flexibility index (Phi) is 5.90. The van der Waals surface area contributed by atoms with Crippen molar-refractivity contribution in [3.05, 3.63) is 64.8 Å². The van der Waals surface area contributed by atoms with Crippen LogP contribution in [0, 0.1) is 13.8 Å². The van der Waals surface area contributed by atoms with E-state index in [1.165, 1.54) is 32.0 Å². The van der Waals surface area contributed by atoms with Gasteiger partial charge in [-0.1, -0.05) is 6.07 Å².